The van der Waals surface area contributed by atoms with E-state index in [1.165, 1.54) is 16.3 Å². The first-order valence-corrected chi connectivity index (χ1v) is 21.8. The fraction of sp³-hybridized carbons (Fsp3) is 0. The second kappa shape index (κ2) is 14.5. The van der Waals surface area contributed by atoms with Crippen LogP contribution in [0.3, 0.4) is 0 Å². The highest BCUT2D eigenvalue weighted by molar-refractivity contribution is 6.15. The Morgan fingerprint density at radius 3 is 1.55 bits per heavy atom. The van der Waals surface area contributed by atoms with Crippen LogP contribution in [0.15, 0.2) is 239 Å². The molecular weight excluding hydrogens is 781 g/mol. The minimum Gasteiger partial charge on any atom is -0.455 e. The molecule has 3 aromatic heterocycles. The molecule has 0 radical (unpaired) electrons. The van der Waals surface area contributed by atoms with Gasteiger partial charge in [-0.1, -0.05) is 170 Å². The summed E-state index contributed by atoms with van der Waals surface area (Å²) in [6, 6.07) is 82.2. The lowest BCUT2D eigenvalue weighted by Gasteiger charge is -2.29. The van der Waals surface area contributed by atoms with E-state index >= 15 is 0 Å². The summed E-state index contributed by atoms with van der Waals surface area (Å²) in [7, 11) is 0. The molecule has 0 N–H and O–H groups in total. The summed E-state index contributed by atoms with van der Waals surface area (Å²) < 4.78 is 15.9. The van der Waals surface area contributed by atoms with Crippen molar-refractivity contribution < 1.29 is 8.83 Å². The van der Waals surface area contributed by atoms with Gasteiger partial charge in [0.1, 0.15) is 22.3 Å². The molecular formula is C60H38N2O2. The van der Waals surface area contributed by atoms with Crippen molar-refractivity contribution in [1.82, 2.24) is 4.57 Å². The zero-order valence-electron chi connectivity index (χ0n) is 34.7. The van der Waals surface area contributed by atoms with Crippen LogP contribution < -0.4 is 4.90 Å². The average molecular weight is 819 g/mol. The number of hydrogen-bond acceptors (Lipinski definition) is 3. The molecule has 3 heterocycles. The van der Waals surface area contributed by atoms with Crippen molar-refractivity contribution in [2.45, 2.75) is 0 Å². The van der Waals surface area contributed by atoms with Gasteiger partial charge in [-0.25, -0.2) is 0 Å². The van der Waals surface area contributed by atoms with Crippen LogP contribution in [0.4, 0.5) is 17.1 Å². The van der Waals surface area contributed by atoms with Crippen LogP contribution in [0.5, 0.6) is 0 Å². The van der Waals surface area contributed by atoms with Crippen LogP contribution in [0.2, 0.25) is 0 Å². The van der Waals surface area contributed by atoms with Gasteiger partial charge in [0.25, 0.3) is 0 Å². The van der Waals surface area contributed by atoms with Crippen LogP contribution in [0, 0.1) is 0 Å². The molecule has 300 valence electrons. The summed E-state index contributed by atoms with van der Waals surface area (Å²) in [6.45, 7) is 0. The van der Waals surface area contributed by atoms with Crippen LogP contribution in [-0.4, -0.2) is 4.57 Å². The molecule has 10 aromatic carbocycles. The second-order valence-corrected chi connectivity index (χ2v) is 16.4. The Bertz CT molecular complexity index is 3910. The molecule has 0 saturated carbocycles. The fourth-order valence-electron chi connectivity index (χ4n) is 9.96. The number of aromatic nitrogens is 1. The van der Waals surface area contributed by atoms with Gasteiger partial charge in [0.2, 0.25) is 0 Å². The van der Waals surface area contributed by atoms with Crippen LogP contribution >= 0.6 is 0 Å². The summed E-state index contributed by atoms with van der Waals surface area (Å²) in [6.07, 6.45) is 0. The van der Waals surface area contributed by atoms with Crippen molar-refractivity contribution in [2.75, 3.05) is 4.90 Å². The number of para-hydroxylation sites is 7. The van der Waals surface area contributed by atoms with E-state index in [0.717, 1.165) is 106 Å². The van der Waals surface area contributed by atoms with E-state index in [-0.39, 0.29) is 0 Å². The van der Waals surface area contributed by atoms with Gasteiger partial charge >= 0.3 is 0 Å². The molecule has 0 aliphatic rings. The molecule has 0 aliphatic carbocycles. The van der Waals surface area contributed by atoms with Crippen molar-refractivity contribution in [1.29, 1.82) is 0 Å². The highest BCUT2D eigenvalue weighted by atomic mass is 16.3. The second-order valence-electron chi connectivity index (χ2n) is 16.4. The summed E-state index contributed by atoms with van der Waals surface area (Å²) in [5.74, 6) is 0. The van der Waals surface area contributed by atoms with Crippen molar-refractivity contribution >= 4 is 82.7 Å². The zero-order chi connectivity index (χ0) is 42.1. The Labute approximate surface area is 369 Å². The normalized spacial score (nSPS) is 11.8. The number of rotatable bonds is 7. The molecule has 0 aliphatic heterocycles. The molecule has 4 nitrogen and oxygen atoms in total. The van der Waals surface area contributed by atoms with Gasteiger partial charge in [0.15, 0.2) is 0 Å². The predicted octanol–water partition coefficient (Wildman–Crippen LogP) is 17.1. The van der Waals surface area contributed by atoms with E-state index in [4.69, 9.17) is 8.83 Å². The van der Waals surface area contributed by atoms with Crippen molar-refractivity contribution in [3.05, 3.63) is 231 Å². The van der Waals surface area contributed by atoms with Crippen LogP contribution in [0.25, 0.3) is 105 Å². The monoisotopic (exact) mass is 818 g/mol. The first-order valence-electron chi connectivity index (χ1n) is 21.8. The van der Waals surface area contributed by atoms with E-state index in [2.05, 4.69) is 222 Å². The quantitative estimate of drug-likeness (QED) is 0.161. The summed E-state index contributed by atoms with van der Waals surface area (Å²) >= 11 is 0. The molecule has 13 rings (SSSR count). The molecule has 0 unspecified atom stereocenters. The number of fused-ring (bicyclic) bond motifs is 9. The lowest BCUT2D eigenvalue weighted by Crippen LogP contribution is -2.12. The van der Waals surface area contributed by atoms with E-state index < -0.39 is 0 Å². The van der Waals surface area contributed by atoms with Crippen LogP contribution in [-0.2, 0) is 0 Å². The number of nitrogens with zero attached hydrogens (tertiary/aromatic N) is 2. The van der Waals surface area contributed by atoms with Crippen molar-refractivity contribution in [3.8, 4) is 39.1 Å². The van der Waals surface area contributed by atoms with Gasteiger partial charge < -0.3 is 18.3 Å². The van der Waals surface area contributed by atoms with Gasteiger partial charge in [-0.05, 0) is 77.4 Å². The first-order chi connectivity index (χ1) is 31.8. The lowest BCUT2D eigenvalue weighted by molar-refractivity contribution is 0.669. The third kappa shape index (κ3) is 5.63. The molecule has 0 atom stereocenters. The van der Waals surface area contributed by atoms with E-state index in [0.29, 0.717) is 0 Å². The molecule has 0 amide bonds. The Morgan fingerprint density at radius 1 is 0.312 bits per heavy atom. The van der Waals surface area contributed by atoms with E-state index in [1.54, 1.807) is 0 Å². The van der Waals surface area contributed by atoms with Gasteiger partial charge in [0, 0.05) is 66.1 Å². The molecule has 0 fully saturated rings. The largest absolute Gasteiger partial charge is 0.455 e. The predicted molar refractivity (Wildman–Crippen MR) is 266 cm³/mol. The Morgan fingerprint density at radius 2 is 0.828 bits per heavy atom. The topological polar surface area (TPSA) is 34.5 Å². The summed E-state index contributed by atoms with van der Waals surface area (Å²) in [5, 5.41) is 6.78. The fourth-order valence-corrected chi connectivity index (χ4v) is 9.96. The number of anilines is 3. The summed E-state index contributed by atoms with van der Waals surface area (Å²) in [4.78, 5) is 2.42. The SMILES string of the molecule is c1ccc(-c2ccccc2N(c2ccc(-c3cccc4c3oc3ccccc34)c(-c3cccc4c3oc3ccccc34)c2)c2ccc3c4ccccc4n(-c4ccccc4)c3c2)cc1. The summed E-state index contributed by atoms with van der Waals surface area (Å²) in [5.41, 5.74) is 16.4. The zero-order valence-corrected chi connectivity index (χ0v) is 34.7. The van der Waals surface area contributed by atoms with Crippen LogP contribution in [0.1, 0.15) is 0 Å². The molecule has 64 heavy (non-hydrogen) atoms. The number of hydrogen-bond donors (Lipinski definition) is 0. The third-order valence-electron chi connectivity index (χ3n) is 12.8. The van der Waals surface area contributed by atoms with Gasteiger partial charge in [0.05, 0.1) is 16.7 Å². The molecule has 13 aromatic rings. The standard InChI is InChI=1S/C60H38N2O2/c1-3-17-39(18-4-1)43-21-7-11-29-54(43)61(42-34-36-46-45-22-8-12-30-55(45)62(56(46)38-42)40-19-5-2-6-20-40)41-33-35-44(49-25-15-26-50-47-23-9-13-31-57(47)63-59(49)50)53(37-41)52-28-16-27-51-48-24-10-14-32-58(48)64-60(51)52/h1-38H. The minimum absolute atomic E-state index is 0.851. The maximum Gasteiger partial charge on any atom is 0.143 e. The molecule has 0 spiro atoms. The smallest absolute Gasteiger partial charge is 0.143 e. The van der Waals surface area contributed by atoms with Gasteiger partial charge in [-0.3, -0.25) is 0 Å². The lowest BCUT2D eigenvalue weighted by atomic mass is 9.91. The number of furan rings is 2. The van der Waals surface area contributed by atoms with E-state index in [9.17, 15) is 0 Å². The van der Waals surface area contributed by atoms with Gasteiger partial charge in [-0.15, -0.1) is 0 Å². The Balaban J connectivity index is 1.12. The van der Waals surface area contributed by atoms with E-state index in [1.807, 2.05) is 18.2 Å². The molecule has 0 bridgehead atoms. The maximum atomic E-state index is 6.80. The van der Waals surface area contributed by atoms with Crippen molar-refractivity contribution in [2.24, 2.45) is 0 Å². The minimum atomic E-state index is 0.851. The maximum absolute atomic E-state index is 6.80. The molecule has 0 saturated heterocycles. The third-order valence-corrected chi connectivity index (χ3v) is 12.8. The highest BCUT2D eigenvalue weighted by Crippen LogP contribution is 2.48. The van der Waals surface area contributed by atoms with Gasteiger partial charge in [-0.2, -0.15) is 0 Å². The Kier molecular flexibility index (Phi) is 8.18. The number of benzene rings is 10. The molecule has 4 heteroatoms. The average Bonchev–Trinajstić information content (AvgIpc) is 4.05. The highest BCUT2D eigenvalue weighted by Gasteiger charge is 2.24. The van der Waals surface area contributed by atoms with Crippen molar-refractivity contribution in [3.63, 3.8) is 0 Å². The first kappa shape index (κ1) is 36.1. The Hall–Kier alpha value is -8.60.